The van der Waals surface area contributed by atoms with Crippen molar-refractivity contribution in [2.75, 3.05) is 24.5 Å². The number of carboxylic acids is 1. The summed E-state index contributed by atoms with van der Waals surface area (Å²) in [5, 5.41) is 18.7. The van der Waals surface area contributed by atoms with Crippen molar-refractivity contribution in [3.63, 3.8) is 0 Å². The van der Waals surface area contributed by atoms with E-state index in [1.807, 2.05) is 12.1 Å². The standard InChI is InChI=1S/C27H28N4O4S2/c1-17-20(15-22-26(35)31(27(36)37-22)13-10-23(32)33)24(29(2)25(34)21(17)16-28)30-11-8-19(9-12-30)14-18-6-4-3-5-7-18/h3-7,15,19H,8-14H2,1-2H3,(H,32,33)/b22-15+. The number of nitriles is 1. The second-order valence-electron chi connectivity index (χ2n) is 9.31. The normalized spacial score (nSPS) is 17.5. The number of anilines is 1. The summed E-state index contributed by atoms with van der Waals surface area (Å²) < 4.78 is 1.80. The summed E-state index contributed by atoms with van der Waals surface area (Å²) >= 11 is 6.44. The first-order valence-electron chi connectivity index (χ1n) is 12.1. The zero-order valence-corrected chi connectivity index (χ0v) is 22.4. The number of carbonyl (C=O) groups excluding carboxylic acids is 1. The van der Waals surface area contributed by atoms with Crippen LogP contribution in [0, 0.1) is 24.2 Å². The van der Waals surface area contributed by atoms with Gasteiger partial charge in [-0.05, 0) is 49.3 Å². The Morgan fingerprint density at radius 1 is 1.24 bits per heavy atom. The lowest BCUT2D eigenvalue weighted by Crippen LogP contribution is -2.39. The van der Waals surface area contributed by atoms with Crippen molar-refractivity contribution in [2.24, 2.45) is 13.0 Å². The number of benzene rings is 1. The van der Waals surface area contributed by atoms with E-state index in [4.69, 9.17) is 17.3 Å². The van der Waals surface area contributed by atoms with Gasteiger partial charge < -0.3 is 10.0 Å². The summed E-state index contributed by atoms with van der Waals surface area (Å²) in [6.45, 7) is 3.21. The fourth-order valence-corrected chi connectivity index (χ4v) is 6.21. The highest BCUT2D eigenvalue weighted by atomic mass is 32.2. The molecule has 1 N–H and O–H groups in total. The molecule has 3 heterocycles. The molecule has 0 spiro atoms. The van der Waals surface area contributed by atoms with Gasteiger partial charge in [0.15, 0.2) is 0 Å². The molecule has 0 radical (unpaired) electrons. The van der Waals surface area contributed by atoms with Crippen LogP contribution in [-0.4, -0.2) is 50.4 Å². The fourth-order valence-electron chi connectivity index (χ4n) is 4.92. The predicted octanol–water partition coefficient (Wildman–Crippen LogP) is 3.70. The number of aromatic nitrogens is 1. The van der Waals surface area contributed by atoms with Gasteiger partial charge in [0, 0.05) is 32.2 Å². The van der Waals surface area contributed by atoms with Crippen LogP contribution in [0.15, 0.2) is 40.0 Å². The molecule has 4 rings (SSSR count). The average Bonchev–Trinajstić information content (AvgIpc) is 3.15. The molecule has 192 valence electrons. The smallest absolute Gasteiger partial charge is 0.305 e. The van der Waals surface area contributed by atoms with Crippen molar-refractivity contribution in [1.29, 1.82) is 5.26 Å². The molecule has 1 amide bonds. The third kappa shape index (κ3) is 5.63. The Balaban J connectivity index is 1.66. The number of thiocarbonyl (C=S) groups is 1. The minimum atomic E-state index is -1.01. The van der Waals surface area contributed by atoms with Gasteiger partial charge in [0.25, 0.3) is 11.5 Å². The van der Waals surface area contributed by atoms with Gasteiger partial charge in [0.05, 0.1) is 11.3 Å². The Morgan fingerprint density at radius 2 is 1.92 bits per heavy atom. The minimum Gasteiger partial charge on any atom is -0.481 e. The monoisotopic (exact) mass is 536 g/mol. The maximum atomic E-state index is 13.1. The number of carbonyl (C=O) groups is 2. The van der Waals surface area contributed by atoms with Gasteiger partial charge >= 0.3 is 5.97 Å². The van der Waals surface area contributed by atoms with E-state index < -0.39 is 5.97 Å². The molecule has 0 saturated carbocycles. The lowest BCUT2D eigenvalue weighted by Gasteiger charge is -2.36. The zero-order valence-electron chi connectivity index (χ0n) is 20.8. The Bertz CT molecular complexity index is 1370. The number of carboxylic acid groups (broad SMARTS) is 1. The predicted molar refractivity (Wildman–Crippen MR) is 148 cm³/mol. The van der Waals surface area contributed by atoms with Crippen molar-refractivity contribution < 1.29 is 14.7 Å². The van der Waals surface area contributed by atoms with Crippen LogP contribution in [0.25, 0.3) is 6.08 Å². The molecule has 2 fully saturated rings. The number of hydrogen-bond donors (Lipinski definition) is 1. The van der Waals surface area contributed by atoms with Gasteiger partial charge in [-0.15, -0.1) is 0 Å². The second kappa shape index (κ2) is 11.3. The van der Waals surface area contributed by atoms with Gasteiger partial charge in [0.2, 0.25) is 0 Å². The molecule has 8 nitrogen and oxygen atoms in total. The maximum Gasteiger partial charge on any atom is 0.305 e. The van der Waals surface area contributed by atoms with Crippen LogP contribution in [0.2, 0.25) is 0 Å². The highest BCUT2D eigenvalue weighted by molar-refractivity contribution is 8.26. The number of pyridine rings is 1. The minimum absolute atomic E-state index is 0.00513. The lowest BCUT2D eigenvalue weighted by molar-refractivity contribution is -0.137. The summed E-state index contributed by atoms with van der Waals surface area (Å²) in [7, 11) is 1.66. The first-order valence-corrected chi connectivity index (χ1v) is 13.3. The fraction of sp³-hybridized carbons (Fsp3) is 0.370. The Hall–Kier alpha value is -3.42. The molecule has 2 aromatic rings. The average molecular weight is 537 g/mol. The Kier molecular flexibility index (Phi) is 8.15. The molecule has 0 bridgehead atoms. The van der Waals surface area contributed by atoms with E-state index in [1.165, 1.54) is 15.0 Å². The summed E-state index contributed by atoms with van der Waals surface area (Å²) in [5.74, 6) is -0.168. The largest absolute Gasteiger partial charge is 0.481 e. The van der Waals surface area contributed by atoms with Crippen LogP contribution in [0.1, 0.15) is 41.5 Å². The molecule has 1 aromatic carbocycles. The highest BCUT2D eigenvalue weighted by Crippen LogP contribution is 2.36. The Labute approximate surface area is 225 Å². The van der Waals surface area contributed by atoms with E-state index in [2.05, 4.69) is 29.2 Å². The zero-order chi connectivity index (χ0) is 26.7. The molecule has 2 saturated heterocycles. The molecule has 0 aliphatic carbocycles. The van der Waals surface area contributed by atoms with Crippen molar-refractivity contribution in [1.82, 2.24) is 9.47 Å². The van der Waals surface area contributed by atoms with E-state index in [0.29, 0.717) is 32.1 Å². The van der Waals surface area contributed by atoms with Gasteiger partial charge in [-0.25, -0.2) is 0 Å². The van der Waals surface area contributed by atoms with E-state index in [1.54, 1.807) is 20.0 Å². The third-order valence-electron chi connectivity index (χ3n) is 6.95. The summed E-state index contributed by atoms with van der Waals surface area (Å²) in [6.07, 6.45) is 4.41. The van der Waals surface area contributed by atoms with Crippen molar-refractivity contribution in [3.8, 4) is 6.07 Å². The molecule has 0 atom stereocenters. The Morgan fingerprint density at radius 3 is 2.54 bits per heavy atom. The van der Waals surface area contributed by atoms with Crippen molar-refractivity contribution in [3.05, 3.63) is 67.8 Å². The molecular formula is C27H28N4O4S2. The number of piperidine rings is 1. The maximum absolute atomic E-state index is 13.1. The van der Waals surface area contributed by atoms with Gasteiger partial charge in [-0.3, -0.25) is 23.9 Å². The van der Waals surface area contributed by atoms with Crippen LogP contribution < -0.4 is 10.5 Å². The molecule has 1 aromatic heterocycles. The van der Waals surface area contributed by atoms with Crippen LogP contribution in [0.3, 0.4) is 0 Å². The molecule has 0 unspecified atom stereocenters. The number of hydrogen-bond acceptors (Lipinski definition) is 7. The van der Waals surface area contributed by atoms with Crippen LogP contribution in [0.4, 0.5) is 5.82 Å². The summed E-state index contributed by atoms with van der Waals surface area (Å²) in [5.41, 5.74) is 2.14. The molecular weight excluding hydrogens is 508 g/mol. The number of thioether (sulfide) groups is 1. The van der Waals surface area contributed by atoms with Crippen LogP contribution in [0.5, 0.6) is 0 Å². The second-order valence-corrected chi connectivity index (χ2v) is 11.0. The van der Waals surface area contributed by atoms with E-state index in [9.17, 15) is 19.6 Å². The van der Waals surface area contributed by atoms with E-state index in [-0.39, 0.29) is 30.0 Å². The molecule has 2 aliphatic rings. The van der Waals surface area contributed by atoms with Crippen molar-refractivity contribution in [2.45, 2.75) is 32.6 Å². The molecule has 2 aliphatic heterocycles. The third-order valence-corrected chi connectivity index (χ3v) is 8.33. The molecule has 10 heteroatoms. The first kappa shape index (κ1) is 26.6. The number of rotatable bonds is 7. The van der Waals surface area contributed by atoms with Gasteiger partial charge in [-0.2, -0.15) is 5.26 Å². The number of nitrogens with zero attached hydrogens (tertiary/aromatic N) is 4. The number of aliphatic carboxylic acids is 1. The quantitative estimate of drug-likeness (QED) is 0.422. The number of amides is 1. The first-order chi connectivity index (χ1) is 17.7. The van der Waals surface area contributed by atoms with Crippen LogP contribution in [-0.2, 0) is 23.1 Å². The molecule has 37 heavy (non-hydrogen) atoms. The lowest BCUT2D eigenvalue weighted by atomic mass is 9.90. The summed E-state index contributed by atoms with van der Waals surface area (Å²) in [6, 6.07) is 12.4. The topological polar surface area (TPSA) is 107 Å². The van der Waals surface area contributed by atoms with Crippen LogP contribution >= 0.6 is 24.0 Å². The highest BCUT2D eigenvalue weighted by Gasteiger charge is 2.33. The summed E-state index contributed by atoms with van der Waals surface area (Å²) in [4.78, 5) is 40.9. The van der Waals surface area contributed by atoms with Gasteiger partial charge in [0.1, 0.15) is 21.8 Å². The van der Waals surface area contributed by atoms with E-state index >= 15 is 0 Å². The van der Waals surface area contributed by atoms with Crippen molar-refractivity contribution >= 4 is 52.1 Å². The van der Waals surface area contributed by atoms with Gasteiger partial charge in [-0.1, -0.05) is 54.3 Å². The van der Waals surface area contributed by atoms with E-state index in [0.717, 1.165) is 44.1 Å². The SMILES string of the molecule is Cc1c(/C=C2/SC(=S)N(CCC(=O)O)C2=O)c(N2CCC(Cc3ccccc3)CC2)n(C)c(=O)c1C#N.